The predicted molar refractivity (Wildman–Crippen MR) is 146 cm³/mol. The lowest BCUT2D eigenvalue weighted by Crippen LogP contribution is -2.20. The molecule has 0 aliphatic carbocycles. The van der Waals surface area contributed by atoms with Gasteiger partial charge in [0.15, 0.2) is 5.82 Å². The number of benzene rings is 1. The van der Waals surface area contributed by atoms with Crippen molar-refractivity contribution in [1.29, 1.82) is 0 Å². The third-order valence-electron chi connectivity index (χ3n) is 5.59. The number of fused-ring (bicyclic) bond motifs is 2. The van der Waals surface area contributed by atoms with Gasteiger partial charge in [-0.2, -0.15) is 16.4 Å². The molecule has 0 unspecified atom stereocenters. The lowest BCUT2D eigenvalue weighted by Gasteiger charge is -2.12. The van der Waals surface area contributed by atoms with E-state index < -0.39 is 0 Å². The molecule has 5 rings (SSSR count). The number of pyridine rings is 1. The van der Waals surface area contributed by atoms with Gasteiger partial charge >= 0.3 is 0 Å². The lowest BCUT2D eigenvalue weighted by atomic mass is 10.0. The van der Waals surface area contributed by atoms with Gasteiger partial charge in [-0.25, -0.2) is 4.98 Å². The third kappa shape index (κ3) is 4.61. The number of nitrogens with zero attached hydrogens (tertiary/aromatic N) is 3. The maximum atomic E-state index is 4.93. The Morgan fingerprint density at radius 1 is 1.17 bits per heavy atom. The second kappa shape index (κ2) is 9.60. The van der Waals surface area contributed by atoms with E-state index in [1.165, 1.54) is 0 Å². The molecule has 0 atom stereocenters. The van der Waals surface area contributed by atoms with Crippen molar-refractivity contribution in [1.82, 2.24) is 35.8 Å². The van der Waals surface area contributed by atoms with Crippen LogP contribution in [0.15, 0.2) is 78.2 Å². The van der Waals surface area contributed by atoms with E-state index in [9.17, 15) is 0 Å². The van der Waals surface area contributed by atoms with Crippen LogP contribution in [0.3, 0.4) is 0 Å². The molecule has 4 aromatic heterocycles. The Balaban J connectivity index is 1.60. The number of H-pyrrole nitrogens is 2. The summed E-state index contributed by atoms with van der Waals surface area (Å²) in [5.74, 6) is 0.704. The molecule has 0 spiro atoms. The summed E-state index contributed by atoms with van der Waals surface area (Å²) in [5, 5.41) is 19.5. The quantitative estimate of drug-likeness (QED) is 0.198. The second-order valence-corrected chi connectivity index (χ2v) is 9.39. The maximum Gasteiger partial charge on any atom is 0.159 e. The highest BCUT2D eigenvalue weighted by molar-refractivity contribution is 7.08. The molecule has 7 nitrogen and oxygen atoms in total. The molecular weight excluding hydrogens is 454 g/mol. The van der Waals surface area contributed by atoms with Gasteiger partial charge < -0.3 is 15.6 Å². The lowest BCUT2D eigenvalue weighted by molar-refractivity contribution is 0.670. The van der Waals surface area contributed by atoms with Gasteiger partial charge in [0, 0.05) is 35.1 Å². The van der Waals surface area contributed by atoms with Gasteiger partial charge in [-0.15, -0.1) is 0 Å². The molecule has 0 amide bonds. The highest BCUT2D eigenvalue weighted by atomic mass is 32.1. The highest BCUT2D eigenvalue weighted by Gasteiger charge is 2.16. The normalized spacial score (nSPS) is 12.6. The number of allylic oxidation sites excluding steroid dienone is 3. The molecule has 4 N–H and O–H groups in total. The van der Waals surface area contributed by atoms with Crippen LogP contribution in [0.5, 0.6) is 0 Å². The Hall–Kier alpha value is -4.17. The van der Waals surface area contributed by atoms with Crippen LogP contribution in [-0.2, 0) is 0 Å². The van der Waals surface area contributed by atoms with Crippen LogP contribution in [-0.4, -0.2) is 31.2 Å². The minimum absolute atomic E-state index is 0.351. The fraction of sp³-hybridized carbons (Fsp3) is 0.148. The van der Waals surface area contributed by atoms with E-state index in [2.05, 4.69) is 93.2 Å². The largest absolute Gasteiger partial charge is 0.386 e. The number of thiophene rings is 1. The number of aromatic amines is 2. The molecule has 0 saturated heterocycles. The Bertz CT molecular complexity index is 1550. The van der Waals surface area contributed by atoms with E-state index in [1.54, 1.807) is 23.7 Å². The average Bonchev–Trinajstić information content (AvgIpc) is 3.59. The van der Waals surface area contributed by atoms with Crippen LogP contribution in [0.4, 0.5) is 0 Å². The SMILES string of the molecule is C=CN/C=C(\C=C(/C)NC(C)C)c1ccc2[nH]nc(-c3nc4c(-c5ccsc5)cncc4[nH]3)c2c1. The van der Waals surface area contributed by atoms with Gasteiger partial charge in [0.05, 0.1) is 17.2 Å². The minimum atomic E-state index is 0.351. The molecular formula is C27H27N7S. The number of imidazole rings is 1. The van der Waals surface area contributed by atoms with Gasteiger partial charge in [-0.3, -0.25) is 10.1 Å². The molecule has 176 valence electrons. The van der Waals surface area contributed by atoms with Gasteiger partial charge in [0.2, 0.25) is 0 Å². The van der Waals surface area contributed by atoms with Crippen LogP contribution in [0.1, 0.15) is 26.3 Å². The summed E-state index contributed by atoms with van der Waals surface area (Å²) in [6.45, 7) is 10.1. The molecule has 5 aromatic rings. The molecule has 0 fully saturated rings. The van der Waals surface area contributed by atoms with E-state index >= 15 is 0 Å². The first-order valence-electron chi connectivity index (χ1n) is 11.4. The first-order valence-corrected chi connectivity index (χ1v) is 12.3. The van der Waals surface area contributed by atoms with Crippen molar-refractivity contribution >= 4 is 38.8 Å². The third-order valence-corrected chi connectivity index (χ3v) is 6.28. The average molecular weight is 482 g/mol. The molecule has 0 bridgehead atoms. The van der Waals surface area contributed by atoms with Crippen molar-refractivity contribution in [3.05, 3.63) is 83.7 Å². The van der Waals surface area contributed by atoms with Crippen molar-refractivity contribution < 1.29 is 0 Å². The molecule has 1 aromatic carbocycles. The van der Waals surface area contributed by atoms with E-state index in [0.717, 1.165) is 55.6 Å². The van der Waals surface area contributed by atoms with Crippen LogP contribution in [0.25, 0.3) is 50.2 Å². The molecule has 0 aliphatic heterocycles. The van der Waals surface area contributed by atoms with Gasteiger partial charge in [0.1, 0.15) is 11.2 Å². The summed E-state index contributed by atoms with van der Waals surface area (Å²) in [4.78, 5) is 12.8. The highest BCUT2D eigenvalue weighted by Crippen LogP contribution is 2.32. The Morgan fingerprint density at radius 3 is 2.83 bits per heavy atom. The fourth-order valence-electron chi connectivity index (χ4n) is 4.14. The summed E-state index contributed by atoms with van der Waals surface area (Å²) >= 11 is 1.66. The number of hydrogen-bond donors (Lipinski definition) is 4. The molecule has 0 radical (unpaired) electrons. The Labute approximate surface area is 207 Å². The van der Waals surface area contributed by atoms with E-state index in [1.807, 2.05) is 18.5 Å². The standard InChI is InChI=1S/C27H27N7S/c1-5-28-12-20(10-17(4)30-16(2)3)18-6-7-23-21(11-18)26(34-33-23)27-31-24-14-29-13-22(25(24)32-27)19-8-9-35-15-19/h5-16,28,30H,1H2,2-4H3,(H,31,32)(H,33,34)/b17-10+,20-12+. The second-order valence-electron chi connectivity index (χ2n) is 8.61. The minimum Gasteiger partial charge on any atom is -0.386 e. The van der Waals surface area contributed by atoms with E-state index in [4.69, 9.17) is 4.98 Å². The summed E-state index contributed by atoms with van der Waals surface area (Å²) in [6.07, 6.45) is 9.39. The van der Waals surface area contributed by atoms with Crippen LogP contribution < -0.4 is 10.6 Å². The maximum absolute atomic E-state index is 4.93. The van der Waals surface area contributed by atoms with Crippen LogP contribution in [0.2, 0.25) is 0 Å². The predicted octanol–water partition coefficient (Wildman–Crippen LogP) is 6.21. The smallest absolute Gasteiger partial charge is 0.159 e. The Morgan fingerprint density at radius 2 is 2.06 bits per heavy atom. The Kier molecular flexibility index (Phi) is 6.20. The van der Waals surface area contributed by atoms with Gasteiger partial charge in [0.25, 0.3) is 0 Å². The summed E-state index contributed by atoms with van der Waals surface area (Å²) in [5.41, 5.74) is 8.75. The van der Waals surface area contributed by atoms with E-state index in [0.29, 0.717) is 11.9 Å². The zero-order valence-corrected chi connectivity index (χ0v) is 20.7. The first-order chi connectivity index (χ1) is 17.0. The van der Waals surface area contributed by atoms with Gasteiger partial charge in [-0.1, -0.05) is 12.6 Å². The van der Waals surface area contributed by atoms with Crippen molar-refractivity contribution in [3.8, 4) is 22.6 Å². The number of rotatable bonds is 8. The van der Waals surface area contributed by atoms with Crippen LogP contribution >= 0.6 is 11.3 Å². The topological polar surface area (TPSA) is 94.3 Å². The summed E-state index contributed by atoms with van der Waals surface area (Å²) in [6, 6.07) is 8.69. The number of aromatic nitrogens is 5. The van der Waals surface area contributed by atoms with Crippen molar-refractivity contribution in [2.75, 3.05) is 0 Å². The van der Waals surface area contributed by atoms with Crippen LogP contribution in [0, 0.1) is 0 Å². The summed E-state index contributed by atoms with van der Waals surface area (Å²) in [7, 11) is 0. The number of nitrogens with one attached hydrogen (secondary N) is 4. The zero-order valence-electron chi connectivity index (χ0n) is 19.9. The van der Waals surface area contributed by atoms with Crippen molar-refractivity contribution in [2.24, 2.45) is 0 Å². The number of hydrogen-bond acceptors (Lipinski definition) is 6. The molecule has 4 heterocycles. The van der Waals surface area contributed by atoms with Crippen molar-refractivity contribution in [3.63, 3.8) is 0 Å². The first kappa shape index (κ1) is 22.6. The molecule has 8 heteroatoms. The molecule has 0 aliphatic rings. The van der Waals surface area contributed by atoms with Crippen molar-refractivity contribution in [2.45, 2.75) is 26.8 Å². The summed E-state index contributed by atoms with van der Waals surface area (Å²) < 4.78 is 0. The molecule has 0 saturated carbocycles. The fourth-order valence-corrected chi connectivity index (χ4v) is 4.79. The molecule has 35 heavy (non-hydrogen) atoms. The van der Waals surface area contributed by atoms with E-state index in [-0.39, 0.29) is 0 Å². The van der Waals surface area contributed by atoms with Gasteiger partial charge in [-0.05, 0) is 78.7 Å². The monoisotopic (exact) mass is 481 g/mol. The zero-order chi connectivity index (χ0) is 24.4.